The fraction of sp³-hybridized carbons (Fsp3) is 0.773. The van der Waals surface area contributed by atoms with Crippen LogP contribution in [0.25, 0.3) is 11.2 Å². The average molecular weight is 496 g/mol. The average Bonchev–Trinajstić information content (AvgIpc) is 3.21. The SMILES string of the molecule is CC(C)(C)[Si](C)(C)OC[C@H]1O[C@@H](n2cnc3c(N)ncnc32)[C@@H](O[Si](C)(C)C(C)(C)C)[C@@H]1O. The standard InChI is InChI=1S/C22H41N5O4Si2/c1-21(2,3)32(7,8)29-11-14-16(28)17(31-33(9,10)22(4,5)6)20(30-14)27-13-26-15-18(23)24-12-25-19(15)27/h12-14,16-17,20,28H,11H2,1-10H3,(H2,23,24,25)/t14-,16-,17+,20-/m1/s1. The van der Waals surface area contributed by atoms with Crippen molar-refractivity contribution in [2.24, 2.45) is 0 Å². The van der Waals surface area contributed by atoms with Gasteiger partial charge in [0, 0.05) is 0 Å². The van der Waals surface area contributed by atoms with Crippen LogP contribution in [0.4, 0.5) is 5.82 Å². The number of nitrogen functional groups attached to an aromatic ring is 1. The van der Waals surface area contributed by atoms with Crippen molar-refractivity contribution in [2.75, 3.05) is 12.3 Å². The molecule has 3 N–H and O–H groups in total. The number of aliphatic hydroxyl groups is 1. The molecule has 3 rings (SSSR count). The van der Waals surface area contributed by atoms with Crippen molar-refractivity contribution in [1.29, 1.82) is 0 Å². The van der Waals surface area contributed by atoms with Crippen molar-refractivity contribution >= 4 is 33.6 Å². The first kappa shape index (κ1) is 26.2. The molecule has 0 spiro atoms. The van der Waals surface area contributed by atoms with Gasteiger partial charge in [-0.1, -0.05) is 41.5 Å². The summed E-state index contributed by atoms with van der Waals surface area (Å²) in [6.07, 6.45) is 0.449. The van der Waals surface area contributed by atoms with E-state index in [1.54, 1.807) is 10.9 Å². The van der Waals surface area contributed by atoms with E-state index in [1.165, 1.54) is 6.33 Å². The van der Waals surface area contributed by atoms with E-state index in [1.807, 2.05) is 0 Å². The zero-order valence-electron chi connectivity index (χ0n) is 21.7. The Morgan fingerprint density at radius 2 is 1.64 bits per heavy atom. The third-order valence-corrected chi connectivity index (χ3v) is 16.6. The van der Waals surface area contributed by atoms with E-state index in [2.05, 4.69) is 82.7 Å². The molecule has 0 bridgehead atoms. The molecule has 186 valence electrons. The molecule has 2 aromatic rings. The minimum atomic E-state index is -2.23. The first-order valence-corrected chi connectivity index (χ1v) is 17.4. The molecule has 0 unspecified atom stereocenters. The smallest absolute Gasteiger partial charge is 0.192 e. The lowest BCUT2D eigenvalue weighted by atomic mass is 10.1. The van der Waals surface area contributed by atoms with E-state index >= 15 is 0 Å². The van der Waals surface area contributed by atoms with E-state index < -0.39 is 41.2 Å². The van der Waals surface area contributed by atoms with Crippen LogP contribution in [0.2, 0.25) is 36.3 Å². The van der Waals surface area contributed by atoms with E-state index in [-0.39, 0.29) is 10.1 Å². The van der Waals surface area contributed by atoms with Gasteiger partial charge in [-0.2, -0.15) is 0 Å². The molecule has 33 heavy (non-hydrogen) atoms. The molecular formula is C22H41N5O4Si2. The van der Waals surface area contributed by atoms with Gasteiger partial charge < -0.3 is 24.4 Å². The summed E-state index contributed by atoms with van der Waals surface area (Å²) in [4.78, 5) is 12.8. The topological polar surface area (TPSA) is 118 Å². The summed E-state index contributed by atoms with van der Waals surface area (Å²) in [5.41, 5.74) is 7.05. The third kappa shape index (κ3) is 5.03. The second kappa shape index (κ2) is 8.69. The summed E-state index contributed by atoms with van der Waals surface area (Å²) in [5, 5.41) is 11.4. The number of anilines is 1. The first-order chi connectivity index (χ1) is 15.0. The van der Waals surface area contributed by atoms with Crippen molar-refractivity contribution < 1.29 is 18.7 Å². The molecule has 0 radical (unpaired) electrons. The fourth-order valence-corrected chi connectivity index (χ4v) is 5.59. The van der Waals surface area contributed by atoms with Gasteiger partial charge in [0.1, 0.15) is 30.2 Å². The Morgan fingerprint density at radius 1 is 1.03 bits per heavy atom. The summed E-state index contributed by atoms with van der Waals surface area (Å²) >= 11 is 0. The highest BCUT2D eigenvalue weighted by molar-refractivity contribution is 6.74. The zero-order chi connectivity index (χ0) is 25.0. The molecule has 9 nitrogen and oxygen atoms in total. The Bertz CT molecular complexity index is 983. The van der Waals surface area contributed by atoms with Crippen LogP contribution in [0.5, 0.6) is 0 Å². The van der Waals surface area contributed by atoms with Crippen molar-refractivity contribution in [1.82, 2.24) is 19.5 Å². The van der Waals surface area contributed by atoms with E-state index in [0.29, 0.717) is 23.6 Å². The van der Waals surface area contributed by atoms with E-state index in [4.69, 9.17) is 19.3 Å². The zero-order valence-corrected chi connectivity index (χ0v) is 23.7. The van der Waals surface area contributed by atoms with Gasteiger partial charge in [0.2, 0.25) is 0 Å². The van der Waals surface area contributed by atoms with Gasteiger partial charge >= 0.3 is 0 Å². The monoisotopic (exact) mass is 495 g/mol. The van der Waals surface area contributed by atoms with E-state index in [0.717, 1.165) is 0 Å². The molecule has 1 aliphatic heterocycles. The van der Waals surface area contributed by atoms with E-state index in [9.17, 15) is 5.11 Å². The van der Waals surface area contributed by atoms with Gasteiger partial charge in [0.25, 0.3) is 0 Å². The quantitative estimate of drug-likeness (QED) is 0.576. The van der Waals surface area contributed by atoms with Gasteiger partial charge in [-0.3, -0.25) is 4.57 Å². The number of aromatic nitrogens is 4. The second-order valence-electron chi connectivity index (χ2n) is 12.1. The van der Waals surface area contributed by atoms with Crippen LogP contribution in [0.3, 0.4) is 0 Å². The summed E-state index contributed by atoms with van der Waals surface area (Å²) in [6, 6.07) is 0. The van der Waals surface area contributed by atoms with Crippen LogP contribution >= 0.6 is 0 Å². The first-order valence-electron chi connectivity index (χ1n) is 11.5. The molecule has 3 heterocycles. The van der Waals surface area contributed by atoms with Gasteiger partial charge in [0.05, 0.1) is 12.9 Å². The van der Waals surface area contributed by atoms with Crippen LogP contribution < -0.4 is 5.73 Å². The summed E-state index contributed by atoms with van der Waals surface area (Å²) < 4.78 is 21.3. The van der Waals surface area contributed by atoms with Crippen molar-refractivity contribution in [3.05, 3.63) is 12.7 Å². The van der Waals surface area contributed by atoms with Crippen molar-refractivity contribution in [3.63, 3.8) is 0 Å². The predicted molar refractivity (Wildman–Crippen MR) is 135 cm³/mol. The molecule has 0 aliphatic carbocycles. The maximum absolute atomic E-state index is 11.4. The number of hydrogen-bond donors (Lipinski definition) is 2. The maximum atomic E-state index is 11.4. The number of fused-ring (bicyclic) bond motifs is 1. The lowest BCUT2D eigenvalue weighted by molar-refractivity contribution is -0.0476. The molecule has 1 saturated heterocycles. The minimum Gasteiger partial charge on any atom is -0.414 e. The number of nitrogens with two attached hydrogens (primary N) is 1. The highest BCUT2D eigenvalue weighted by atomic mass is 28.4. The molecular weight excluding hydrogens is 454 g/mol. The molecule has 1 aliphatic rings. The summed E-state index contributed by atoms with van der Waals surface area (Å²) in [5.74, 6) is 0.303. The predicted octanol–water partition coefficient (Wildman–Crippen LogP) is 4.08. The molecule has 4 atom stereocenters. The Morgan fingerprint density at radius 3 is 2.21 bits per heavy atom. The Hall–Kier alpha value is -1.38. The normalized spacial score (nSPS) is 25.2. The van der Waals surface area contributed by atoms with Gasteiger partial charge in [-0.15, -0.1) is 0 Å². The Kier molecular flexibility index (Phi) is 6.90. The van der Waals surface area contributed by atoms with Crippen LogP contribution in [0, 0.1) is 0 Å². The lowest BCUT2D eigenvalue weighted by Crippen LogP contribution is -2.49. The highest BCUT2D eigenvalue weighted by Gasteiger charge is 2.51. The second-order valence-corrected chi connectivity index (χ2v) is 21.6. The fourth-order valence-electron chi connectivity index (χ4n) is 3.29. The van der Waals surface area contributed by atoms with Crippen LogP contribution in [0.15, 0.2) is 12.7 Å². The largest absolute Gasteiger partial charge is 0.414 e. The molecule has 1 fully saturated rings. The van der Waals surface area contributed by atoms with Gasteiger partial charge in [-0.25, -0.2) is 15.0 Å². The third-order valence-electron chi connectivity index (χ3n) is 7.63. The van der Waals surface area contributed by atoms with Crippen molar-refractivity contribution in [2.45, 2.75) is 102 Å². The molecule has 0 aromatic carbocycles. The number of ether oxygens (including phenoxy) is 1. The maximum Gasteiger partial charge on any atom is 0.192 e. The van der Waals surface area contributed by atoms with Crippen LogP contribution in [-0.4, -0.2) is 66.2 Å². The molecule has 0 saturated carbocycles. The molecule has 11 heteroatoms. The van der Waals surface area contributed by atoms with Crippen molar-refractivity contribution in [3.8, 4) is 0 Å². The Labute approximate surface area is 199 Å². The highest BCUT2D eigenvalue weighted by Crippen LogP contribution is 2.43. The van der Waals surface area contributed by atoms with Gasteiger partial charge in [-0.05, 0) is 36.3 Å². The number of rotatable bonds is 6. The Balaban J connectivity index is 1.95. The number of imidazole rings is 1. The number of aliphatic hydroxyl groups excluding tert-OH is 1. The van der Waals surface area contributed by atoms with Crippen LogP contribution in [0.1, 0.15) is 47.8 Å². The summed E-state index contributed by atoms with van der Waals surface area (Å²) in [6.45, 7) is 22.1. The number of hydrogen-bond acceptors (Lipinski definition) is 8. The lowest BCUT2D eigenvalue weighted by Gasteiger charge is -2.40. The summed E-state index contributed by atoms with van der Waals surface area (Å²) in [7, 11) is -4.25. The molecule has 2 aromatic heterocycles. The molecule has 0 amide bonds. The van der Waals surface area contributed by atoms with Gasteiger partial charge in [0.15, 0.2) is 34.3 Å². The minimum absolute atomic E-state index is 0.0312. The van der Waals surface area contributed by atoms with Crippen LogP contribution in [-0.2, 0) is 13.6 Å². The number of nitrogens with zero attached hydrogens (tertiary/aromatic N) is 4.